The van der Waals surface area contributed by atoms with Gasteiger partial charge in [0.25, 0.3) is 0 Å². The molecule has 4 aliphatic carbocycles. The van der Waals surface area contributed by atoms with Gasteiger partial charge in [-0.25, -0.2) is 4.39 Å². The van der Waals surface area contributed by atoms with E-state index in [4.69, 9.17) is 0 Å². The van der Waals surface area contributed by atoms with E-state index in [0.717, 1.165) is 37.0 Å². The van der Waals surface area contributed by atoms with Crippen LogP contribution in [0.4, 0.5) is 4.39 Å². The van der Waals surface area contributed by atoms with Crippen molar-refractivity contribution in [3.8, 4) is 0 Å². The average molecular weight is 399 g/mol. The Labute approximate surface area is 172 Å². The lowest BCUT2D eigenvalue weighted by molar-refractivity contribution is -0.146. The van der Waals surface area contributed by atoms with Crippen molar-refractivity contribution in [2.45, 2.75) is 51.5 Å². The minimum Gasteiger partial charge on any atom is -0.355 e. The lowest BCUT2D eigenvalue weighted by atomic mass is 9.49. The minimum absolute atomic E-state index is 0.0982. The quantitative estimate of drug-likeness (QED) is 0.671. The van der Waals surface area contributed by atoms with Gasteiger partial charge in [-0.05, 0) is 62.3 Å². The normalized spacial score (nSPS) is 29.5. The largest absolute Gasteiger partial charge is 0.355 e. The van der Waals surface area contributed by atoms with Gasteiger partial charge in [-0.3, -0.25) is 9.59 Å². The van der Waals surface area contributed by atoms with E-state index >= 15 is 0 Å². The van der Waals surface area contributed by atoms with Gasteiger partial charge in [-0.15, -0.1) is 6.58 Å². The number of hydrogen-bond acceptors (Lipinski definition) is 2. The van der Waals surface area contributed by atoms with Crippen molar-refractivity contribution >= 4 is 11.8 Å². The maximum atomic E-state index is 14.0. The zero-order chi connectivity index (χ0) is 20.4. The maximum Gasteiger partial charge on any atom is 0.226 e. The Bertz CT molecular complexity index is 756. The number of carbonyl (C=O) groups excluding carboxylic acids is 2. The number of hydrogen-bond donors (Lipinski definition) is 1. The first-order valence-corrected chi connectivity index (χ1v) is 10.9. The Morgan fingerprint density at radius 2 is 1.76 bits per heavy atom. The van der Waals surface area contributed by atoms with Crippen LogP contribution >= 0.6 is 0 Å². The Balaban J connectivity index is 1.31. The van der Waals surface area contributed by atoms with Gasteiger partial charge in [0.15, 0.2) is 0 Å². The SMILES string of the molecule is C=CCN(Cc1ccccc1F)C(=O)CCNC(=O)C12CC3CC(CC(C3)C1)C2. The van der Waals surface area contributed by atoms with Crippen LogP contribution in [0.25, 0.3) is 0 Å². The van der Waals surface area contributed by atoms with E-state index in [0.29, 0.717) is 18.7 Å². The highest BCUT2D eigenvalue weighted by atomic mass is 19.1. The fourth-order valence-electron chi connectivity index (χ4n) is 6.26. The third-order valence-electron chi connectivity index (χ3n) is 7.17. The summed E-state index contributed by atoms with van der Waals surface area (Å²) in [5.41, 5.74) is 0.298. The molecule has 2 amide bonds. The van der Waals surface area contributed by atoms with Gasteiger partial charge in [-0.1, -0.05) is 24.3 Å². The Morgan fingerprint density at radius 1 is 1.14 bits per heavy atom. The van der Waals surface area contributed by atoms with E-state index in [1.165, 1.54) is 25.3 Å². The molecule has 4 aliphatic rings. The number of rotatable bonds is 8. The molecule has 0 saturated heterocycles. The summed E-state index contributed by atoms with van der Waals surface area (Å²) < 4.78 is 14.0. The summed E-state index contributed by atoms with van der Waals surface area (Å²) in [6.07, 6.45) is 8.85. The molecule has 0 atom stereocenters. The molecule has 1 N–H and O–H groups in total. The van der Waals surface area contributed by atoms with Crippen molar-refractivity contribution in [3.05, 3.63) is 48.3 Å². The van der Waals surface area contributed by atoms with Crippen LogP contribution in [0.3, 0.4) is 0 Å². The molecule has 0 heterocycles. The lowest BCUT2D eigenvalue weighted by Gasteiger charge is -2.55. The van der Waals surface area contributed by atoms with E-state index in [9.17, 15) is 14.0 Å². The molecular formula is C24H31FN2O2. The number of carbonyl (C=O) groups is 2. The third kappa shape index (κ3) is 4.24. The summed E-state index contributed by atoms with van der Waals surface area (Å²) in [6, 6.07) is 6.49. The molecule has 0 radical (unpaired) electrons. The van der Waals surface area contributed by atoms with Crippen LogP contribution in [-0.4, -0.2) is 29.8 Å². The van der Waals surface area contributed by atoms with E-state index in [1.54, 1.807) is 29.2 Å². The predicted molar refractivity (Wildman–Crippen MR) is 110 cm³/mol. The van der Waals surface area contributed by atoms with Crippen molar-refractivity contribution in [2.75, 3.05) is 13.1 Å². The predicted octanol–water partition coefficient (Wildman–Crippen LogP) is 4.06. The summed E-state index contributed by atoms with van der Waals surface area (Å²) in [6.45, 7) is 4.61. The molecule has 4 fully saturated rings. The minimum atomic E-state index is -0.315. The number of halogens is 1. The molecule has 0 unspecified atom stereocenters. The van der Waals surface area contributed by atoms with Crippen LogP contribution in [-0.2, 0) is 16.1 Å². The summed E-state index contributed by atoms with van der Waals surface area (Å²) in [4.78, 5) is 27.3. The number of nitrogens with zero attached hydrogens (tertiary/aromatic N) is 1. The molecular weight excluding hydrogens is 367 g/mol. The van der Waals surface area contributed by atoms with Crippen molar-refractivity contribution in [1.82, 2.24) is 10.2 Å². The van der Waals surface area contributed by atoms with Crippen molar-refractivity contribution < 1.29 is 14.0 Å². The van der Waals surface area contributed by atoms with Gasteiger partial charge in [0.05, 0.1) is 0 Å². The van der Waals surface area contributed by atoms with Gasteiger partial charge in [0, 0.05) is 37.0 Å². The molecule has 5 rings (SSSR count). The maximum absolute atomic E-state index is 14.0. The molecule has 0 aliphatic heterocycles. The number of amides is 2. The van der Waals surface area contributed by atoms with E-state index in [-0.39, 0.29) is 36.0 Å². The molecule has 0 aromatic heterocycles. The highest BCUT2D eigenvalue weighted by Gasteiger charge is 2.54. The van der Waals surface area contributed by atoms with Crippen molar-refractivity contribution in [2.24, 2.45) is 23.2 Å². The van der Waals surface area contributed by atoms with Gasteiger partial charge in [-0.2, -0.15) is 0 Å². The van der Waals surface area contributed by atoms with Crippen LogP contribution < -0.4 is 5.32 Å². The molecule has 1 aromatic carbocycles. The zero-order valence-corrected chi connectivity index (χ0v) is 17.0. The van der Waals surface area contributed by atoms with Crippen molar-refractivity contribution in [1.29, 1.82) is 0 Å². The van der Waals surface area contributed by atoms with Crippen LogP contribution in [0.5, 0.6) is 0 Å². The zero-order valence-electron chi connectivity index (χ0n) is 17.0. The molecule has 1 aromatic rings. The fourth-order valence-corrected chi connectivity index (χ4v) is 6.26. The van der Waals surface area contributed by atoms with Crippen LogP contribution in [0.1, 0.15) is 50.5 Å². The molecule has 0 spiro atoms. The van der Waals surface area contributed by atoms with E-state index in [2.05, 4.69) is 11.9 Å². The van der Waals surface area contributed by atoms with Crippen LogP contribution in [0, 0.1) is 29.0 Å². The Hall–Kier alpha value is -2.17. The highest BCUT2D eigenvalue weighted by Crippen LogP contribution is 2.60. The van der Waals surface area contributed by atoms with Gasteiger partial charge in [0.1, 0.15) is 5.82 Å². The van der Waals surface area contributed by atoms with Crippen LogP contribution in [0.15, 0.2) is 36.9 Å². The molecule has 4 nitrogen and oxygen atoms in total. The second kappa shape index (κ2) is 8.29. The standard InChI is InChI=1S/C24H31FN2O2/c1-2-9-27(16-20-5-3-4-6-21(20)25)22(28)7-8-26-23(29)24-13-17-10-18(14-24)12-19(11-17)15-24/h2-6,17-19H,1,7-16H2,(H,26,29). The smallest absolute Gasteiger partial charge is 0.226 e. The van der Waals surface area contributed by atoms with Gasteiger partial charge < -0.3 is 10.2 Å². The molecule has 156 valence electrons. The highest BCUT2D eigenvalue weighted by molar-refractivity contribution is 5.84. The fraction of sp³-hybridized carbons (Fsp3) is 0.583. The first-order valence-electron chi connectivity index (χ1n) is 10.9. The first kappa shape index (κ1) is 20.1. The van der Waals surface area contributed by atoms with Gasteiger partial charge in [0.2, 0.25) is 11.8 Å². The molecule has 29 heavy (non-hydrogen) atoms. The van der Waals surface area contributed by atoms with Crippen LogP contribution in [0.2, 0.25) is 0 Å². The third-order valence-corrected chi connectivity index (χ3v) is 7.17. The Morgan fingerprint density at radius 3 is 2.34 bits per heavy atom. The molecule has 5 heteroatoms. The number of benzene rings is 1. The lowest BCUT2D eigenvalue weighted by Crippen LogP contribution is -2.53. The second-order valence-electron chi connectivity index (χ2n) is 9.36. The summed E-state index contributed by atoms with van der Waals surface area (Å²) in [5, 5.41) is 3.06. The molecule has 4 saturated carbocycles. The molecule has 4 bridgehead atoms. The second-order valence-corrected chi connectivity index (χ2v) is 9.36. The average Bonchev–Trinajstić information content (AvgIpc) is 2.68. The number of nitrogens with one attached hydrogen (secondary N) is 1. The summed E-state index contributed by atoms with van der Waals surface area (Å²) >= 11 is 0. The Kier molecular flexibility index (Phi) is 5.75. The monoisotopic (exact) mass is 398 g/mol. The summed E-state index contributed by atoms with van der Waals surface area (Å²) in [5.74, 6) is 1.89. The summed E-state index contributed by atoms with van der Waals surface area (Å²) in [7, 11) is 0. The topological polar surface area (TPSA) is 49.4 Å². The van der Waals surface area contributed by atoms with Gasteiger partial charge >= 0.3 is 0 Å². The van der Waals surface area contributed by atoms with E-state index < -0.39 is 0 Å². The van der Waals surface area contributed by atoms with Crippen molar-refractivity contribution in [3.63, 3.8) is 0 Å². The van der Waals surface area contributed by atoms with E-state index in [1.807, 2.05) is 0 Å². The first-order chi connectivity index (χ1) is 14.0.